The van der Waals surface area contributed by atoms with Gasteiger partial charge in [-0.1, -0.05) is 48.5 Å². The highest BCUT2D eigenvalue weighted by atomic mass is 16.5. The van der Waals surface area contributed by atoms with E-state index < -0.39 is 0 Å². The molecule has 0 aliphatic heterocycles. The first-order valence-electron chi connectivity index (χ1n) is 6.97. The lowest BCUT2D eigenvalue weighted by Gasteiger charge is -2.04. The van der Waals surface area contributed by atoms with Crippen LogP contribution in [-0.2, 0) is 11.3 Å². The molecule has 22 heavy (non-hydrogen) atoms. The fourth-order valence-electron chi connectivity index (χ4n) is 2.12. The average molecular weight is 293 g/mol. The molecule has 0 unspecified atom stereocenters. The topological polar surface area (TPSA) is 52.3 Å². The summed E-state index contributed by atoms with van der Waals surface area (Å²) < 4.78 is 10.8. The fraction of sp³-hybridized carbons (Fsp3) is 0.111. The molecule has 3 aromatic rings. The average Bonchev–Trinajstić information content (AvgIpc) is 3.03. The van der Waals surface area contributed by atoms with E-state index in [-0.39, 0.29) is 12.6 Å². The highest BCUT2D eigenvalue weighted by molar-refractivity contribution is 5.90. The monoisotopic (exact) mass is 293 g/mol. The number of ether oxygens (including phenoxy) is 1. The van der Waals surface area contributed by atoms with Crippen molar-refractivity contribution < 1.29 is 13.9 Å². The maximum absolute atomic E-state index is 12.0. The third kappa shape index (κ3) is 3.06. The molecule has 0 aliphatic rings. The quantitative estimate of drug-likeness (QED) is 0.682. The van der Waals surface area contributed by atoms with E-state index in [2.05, 4.69) is 4.98 Å². The van der Waals surface area contributed by atoms with Gasteiger partial charge in [-0.2, -0.15) is 0 Å². The second-order valence-corrected chi connectivity index (χ2v) is 4.88. The largest absolute Gasteiger partial charge is 0.452 e. The van der Waals surface area contributed by atoms with Gasteiger partial charge in [0.1, 0.15) is 0 Å². The van der Waals surface area contributed by atoms with Crippen LogP contribution in [-0.4, -0.2) is 11.0 Å². The van der Waals surface area contributed by atoms with Crippen molar-refractivity contribution in [1.82, 2.24) is 4.98 Å². The first kappa shape index (κ1) is 14.1. The molecule has 1 aromatic heterocycles. The minimum atomic E-state index is -0.377. The standard InChI is InChI=1S/C18H15NO3/c1-13-7-5-6-10-15(13)18(20)21-12-17-19-11-16(22-17)14-8-3-2-4-9-14/h2-11H,12H2,1H3. The summed E-state index contributed by atoms with van der Waals surface area (Å²) in [7, 11) is 0. The Bertz CT molecular complexity index is 778. The summed E-state index contributed by atoms with van der Waals surface area (Å²) in [6.45, 7) is 1.88. The maximum Gasteiger partial charge on any atom is 0.338 e. The van der Waals surface area contributed by atoms with Crippen molar-refractivity contribution in [2.75, 3.05) is 0 Å². The SMILES string of the molecule is Cc1ccccc1C(=O)OCc1ncc(-c2ccccc2)o1. The van der Waals surface area contributed by atoms with Crippen molar-refractivity contribution >= 4 is 5.97 Å². The van der Waals surface area contributed by atoms with Crippen LogP contribution >= 0.6 is 0 Å². The number of aryl methyl sites for hydroxylation is 1. The number of carbonyl (C=O) groups is 1. The van der Waals surface area contributed by atoms with E-state index in [1.807, 2.05) is 55.5 Å². The second kappa shape index (κ2) is 6.26. The number of aromatic nitrogens is 1. The van der Waals surface area contributed by atoms with Crippen LogP contribution in [0.5, 0.6) is 0 Å². The molecule has 3 rings (SSSR count). The Morgan fingerprint density at radius 1 is 1.09 bits per heavy atom. The predicted octanol–water partition coefficient (Wildman–Crippen LogP) is 4.01. The van der Waals surface area contributed by atoms with Gasteiger partial charge in [0.25, 0.3) is 0 Å². The first-order valence-corrected chi connectivity index (χ1v) is 6.97. The third-order valence-corrected chi connectivity index (χ3v) is 3.30. The van der Waals surface area contributed by atoms with Crippen molar-refractivity contribution in [2.45, 2.75) is 13.5 Å². The van der Waals surface area contributed by atoms with Crippen LogP contribution in [0, 0.1) is 6.92 Å². The van der Waals surface area contributed by atoms with Crippen molar-refractivity contribution in [1.29, 1.82) is 0 Å². The lowest BCUT2D eigenvalue weighted by atomic mass is 10.1. The molecular weight excluding hydrogens is 278 g/mol. The van der Waals surface area contributed by atoms with Crippen LogP contribution in [0.1, 0.15) is 21.8 Å². The van der Waals surface area contributed by atoms with Gasteiger partial charge in [0, 0.05) is 5.56 Å². The molecule has 1 heterocycles. The highest BCUT2D eigenvalue weighted by Gasteiger charge is 2.12. The predicted molar refractivity (Wildman–Crippen MR) is 82.2 cm³/mol. The first-order chi connectivity index (χ1) is 10.7. The van der Waals surface area contributed by atoms with Crippen molar-refractivity contribution in [3.05, 3.63) is 77.8 Å². The maximum atomic E-state index is 12.0. The van der Waals surface area contributed by atoms with E-state index in [4.69, 9.17) is 9.15 Å². The molecule has 0 radical (unpaired) electrons. The number of nitrogens with zero attached hydrogens (tertiary/aromatic N) is 1. The van der Waals surface area contributed by atoms with Gasteiger partial charge >= 0.3 is 5.97 Å². The number of hydrogen-bond donors (Lipinski definition) is 0. The molecule has 2 aromatic carbocycles. The van der Waals surface area contributed by atoms with Gasteiger partial charge < -0.3 is 9.15 Å². The van der Waals surface area contributed by atoms with Gasteiger partial charge in [0.15, 0.2) is 12.4 Å². The van der Waals surface area contributed by atoms with Gasteiger partial charge in [0.05, 0.1) is 11.8 Å². The number of carbonyl (C=O) groups excluding carboxylic acids is 1. The summed E-state index contributed by atoms with van der Waals surface area (Å²) in [5.74, 6) is 0.654. The fourth-order valence-corrected chi connectivity index (χ4v) is 2.12. The van der Waals surface area contributed by atoms with Crippen molar-refractivity contribution in [2.24, 2.45) is 0 Å². The Morgan fingerprint density at radius 3 is 2.59 bits per heavy atom. The van der Waals surface area contributed by atoms with E-state index >= 15 is 0 Å². The Labute approximate surface area is 128 Å². The summed E-state index contributed by atoms with van der Waals surface area (Å²) >= 11 is 0. The summed E-state index contributed by atoms with van der Waals surface area (Å²) in [4.78, 5) is 16.2. The number of oxazole rings is 1. The molecule has 0 fully saturated rings. The molecule has 4 nitrogen and oxygen atoms in total. The third-order valence-electron chi connectivity index (χ3n) is 3.30. The van der Waals surface area contributed by atoms with Crippen molar-refractivity contribution in [3.63, 3.8) is 0 Å². The molecular formula is C18H15NO3. The number of hydrogen-bond acceptors (Lipinski definition) is 4. The van der Waals surface area contributed by atoms with E-state index in [1.165, 1.54) is 0 Å². The highest BCUT2D eigenvalue weighted by Crippen LogP contribution is 2.20. The smallest absolute Gasteiger partial charge is 0.338 e. The lowest BCUT2D eigenvalue weighted by molar-refractivity contribution is 0.0438. The molecule has 0 aliphatic carbocycles. The van der Waals surface area contributed by atoms with E-state index in [0.717, 1.165) is 11.1 Å². The molecule has 4 heteroatoms. The summed E-state index contributed by atoms with van der Waals surface area (Å²) in [5.41, 5.74) is 2.37. The zero-order valence-corrected chi connectivity index (χ0v) is 12.2. The van der Waals surface area contributed by atoms with Gasteiger partial charge in [-0.3, -0.25) is 0 Å². The summed E-state index contributed by atoms with van der Waals surface area (Å²) in [5, 5.41) is 0. The molecule has 0 saturated heterocycles. The van der Waals surface area contributed by atoms with E-state index in [0.29, 0.717) is 17.2 Å². The van der Waals surface area contributed by atoms with Gasteiger partial charge in [0.2, 0.25) is 5.89 Å². The number of rotatable bonds is 4. The van der Waals surface area contributed by atoms with Crippen molar-refractivity contribution in [3.8, 4) is 11.3 Å². The summed E-state index contributed by atoms with van der Waals surface area (Å²) in [6, 6.07) is 17.0. The van der Waals surface area contributed by atoms with Crippen LogP contribution < -0.4 is 0 Å². The van der Waals surface area contributed by atoms with Crippen LogP contribution in [0.4, 0.5) is 0 Å². The minimum absolute atomic E-state index is 0.0139. The zero-order valence-electron chi connectivity index (χ0n) is 12.2. The molecule has 0 amide bonds. The second-order valence-electron chi connectivity index (χ2n) is 4.88. The summed E-state index contributed by atoms with van der Waals surface area (Å²) in [6.07, 6.45) is 1.63. The normalized spacial score (nSPS) is 10.4. The van der Waals surface area contributed by atoms with E-state index in [1.54, 1.807) is 12.3 Å². The number of esters is 1. The Kier molecular flexibility index (Phi) is 4.01. The molecule has 0 bridgehead atoms. The molecule has 0 spiro atoms. The molecule has 0 N–H and O–H groups in total. The Morgan fingerprint density at radius 2 is 1.82 bits per heavy atom. The van der Waals surface area contributed by atoms with Crippen LogP contribution in [0.3, 0.4) is 0 Å². The van der Waals surface area contributed by atoms with Gasteiger partial charge in [-0.15, -0.1) is 0 Å². The van der Waals surface area contributed by atoms with Gasteiger partial charge in [-0.25, -0.2) is 9.78 Å². The van der Waals surface area contributed by atoms with Crippen LogP contribution in [0.25, 0.3) is 11.3 Å². The zero-order chi connectivity index (χ0) is 15.4. The lowest BCUT2D eigenvalue weighted by Crippen LogP contribution is -2.07. The van der Waals surface area contributed by atoms with E-state index in [9.17, 15) is 4.79 Å². The molecule has 0 atom stereocenters. The minimum Gasteiger partial charge on any atom is -0.452 e. The Balaban J connectivity index is 1.67. The van der Waals surface area contributed by atoms with Crippen LogP contribution in [0.2, 0.25) is 0 Å². The van der Waals surface area contributed by atoms with Crippen LogP contribution in [0.15, 0.2) is 65.2 Å². The van der Waals surface area contributed by atoms with Gasteiger partial charge in [-0.05, 0) is 18.6 Å². The molecule has 0 saturated carbocycles. The Hall–Kier alpha value is -2.88. The molecule has 110 valence electrons. The number of benzene rings is 2.